The van der Waals surface area contributed by atoms with Gasteiger partial charge in [0.05, 0.1) is 28.5 Å². The van der Waals surface area contributed by atoms with E-state index in [-0.39, 0.29) is 59.6 Å². The lowest BCUT2D eigenvalue weighted by molar-refractivity contribution is -0.384. The van der Waals surface area contributed by atoms with Gasteiger partial charge in [0.1, 0.15) is 24.6 Å². The van der Waals surface area contributed by atoms with Crippen molar-refractivity contribution in [2.75, 3.05) is 25.1 Å². The molecule has 13 nitrogen and oxygen atoms in total. The highest BCUT2D eigenvalue weighted by molar-refractivity contribution is 9.10. The molecule has 0 aromatic heterocycles. The zero-order chi connectivity index (χ0) is 35.1. The Morgan fingerprint density at radius 1 is 0.898 bits per heavy atom. The highest BCUT2D eigenvalue weighted by Crippen LogP contribution is 2.52. The number of alkyl carbamates (subject to hydrolysis) is 1. The minimum atomic E-state index is -4.26. The minimum Gasteiger partial charge on any atom is -0.492 e. The first-order valence-electron chi connectivity index (χ1n) is 14.7. The first-order chi connectivity index (χ1) is 23.5. The second-order valence-corrected chi connectivity index (χ2v) is 13.2. The molecular weight excluding hydrogens is 722 g/mol. The number of halogens is 1. The van der Waals surface area contributed by atoms with Crippen LogP contribution in [0.1, 0.15) is 22.3 Å². The summed E-state index contributed by atoms with van der Waals surface area (Å²) >= 11 is 3.53. The third kappa shape index (κ3) is 7.68. The Morgan fingerprint density at radius 2 is 1.47 bits per heavy atom. The maximum atomic E-state index is 13.9. The topological polar surface area (TPSA) is 164 Å². The third-order valence-electron chi connectivity index (χ3n) is 7.50. The molecule has 0 radical (unpaired) electrons. The van der Waals surface area contributed by atoms with Crippen molar-refractivity contribution in [3.63, 3.8) is 0 Å². The molecule has 254 valence electrons. The Balaban J connectivity index is 1.57. The van der Waals surface area contributed by atoms with Gasteiger partial charge in [0.15, 0.2) is 11.5 Å². The molecule has 5 rings (SSSR count). The number of nitrogens with zero attached hydrogens (tertiary/aromatic N) is 2. The number of anilines is 1. The lowest BCUT2D eigenvalue weighted by atomic mass is 10.0. The van der Waals surface area contributed by atoms with Crippen LogP contribution in [0.4, 0.5) is 16.2 Å². The molecule has 1 heterocycles. The number of ether oxygens (including phenoxy) is 4. The van der Waals surface area contributed by atoms with Crippen molar-refractivity contribution in [3.05, 3.63) is 127 Å². The third-order valence-corrected chi connectivity index (χ3v) is 10.1. The molecule has 0 bridgehead atoms. The number of nitro groups is 1. The normalized spacial score (nSPS) is 12.6. The second-order valence-electron chi connectivity index (χ2n) is 10.5. The fraction of sp³-hybridized carbons (Fsp3) is 0.176. The van der Waals surface area contributed by atoms with Gasteiger partial charge in [0.25, 0.3) is 15.7 Å². The molecule has 1 aliphatic rings. The molecule has 15 heteroatoms. The number of hydrogen-bond acceptors (Lipinski definition) is 10. The number of esters is 1. The molecule has 0 saturated heterocycles. The number of benzene rings is 4. The maximum Gasteiger partial charge on any atom is 0.412 e. The van der Waals surface area contributed by atoms with E-state index in [1.165, 1.54) is 20.3 Å². The summed E-state index contributed by atoms with van der Waals surface area (Å²) in [6.07, 6.45) is 0.587. The first-order valence-corrected chi connectivity index (χ1v) is 16.9. The van der Waals surface area contributed by atoms with E-state index in [4.69, 9.17) is 18.9 Å². The Bertz CT molecular complexity index is 2010. The molecular formula is C34H30BrN3O10S. The fourth-order valence-corrected chi connectivity index (χ4v) is 7.35. The van der Waals surface area contributed by atoms with E-state index in [0.717, 1.165) is 34.1 Å². The second kappa shape index (κ2) is 15.2. The Hall–Kier alpha value is -5.41. The van der Waals surface area contributed by atoms with Crippen molar-refractivity contribution >= 4 is 55.5 Å². The van der Waals surface area contributed by atoms with Crippen LogP contribution >= 0.6 is 15.9 Å². The average Bonchev–Trinajstić information content (AvgIpc) is 3.57. The number of amides is 1. The lowest BCUT2D eigenvalue weighted by Gasteiger charge is -2.24. The van der Waals surface area contributed by atoms with Crippen LogP contribution in [0.3, 0.4) is 0 Å². The number of hydrogen-bond donors (Lipinski definition) is 1. The van der Waals surface area contributed by atoms with Crippen molar-refractivity contribution in [1.29, 1.82) is 0 Å². The lowest BCUT2D eigenvalue weighted by Crippen LogP contribution is -2.29. The van der Waals surface area contributed by atoms with Crippen LogP contribution in [-0.4, -0.2) is 46.2 Å². The molecule has 0 saturated carbocycles. The molecule has 49 heavy (non-hydrogen) atoms. The summed E-state index contributed by atoms with van der Waals surface area (Å²) in [6.45, 7) is -0.194. The van der Waals surface area contributed by atoms with Crippen molar-refractivity contribution < 1.29 is 41.9 Å². The van der Waals surface area contributed by atoms with Crippen LogP contribution in [0, 0.1) is 10.1 Å². The van der Waals surface area contributed by atoms with Gasteiger partial charge in [0, 0.05) is 24.2 Å². The van der Waals surface area contributed by atoms with E-state index >= 15 is 0 Å². The van der Waals surface area contributed by atoms with Gasteiger partial charge in [0.2, 0.25) is 0 Å². The molecule has 0 fully saturated rings. The number of nitrogens with one attached hydrogen (secondary N) is 1. The van der Waals surface area contributed by atoms with Crippen LogP contribution in [0.25, 0.3) is 6.08 Å². The highest BCUT2D eigenvalue weighted by Gasteiger charge is 2.38. The molecule has 1 aliphatic heterocycles. The van der Waals surface area contributed by atoms with Crippen molar-refractivity contribution in [2.45, 2.75) is 24.5 Å². The number of nitro benzene ring substituents is 1. The monoisotopic (exact) mass is 751 g/mol. The Morgan fingerprint density at radius 3 is 2.02 bits per heavy atom. The van der Waals surface area contributed by atoms with Gasteiger partial charge >= 0.3 is 12.1 Å². The summed E-state index contributed by atoms with van der Waals surface area (Å²) in [7, 11) is -1.55. The molecule has 1 N–H and O–H groups in total. The van der Waals surface area contributed by atoms with Crippen LogP contribution < -0.4 is 19.1 Å². The van der Waals surface area contributed by atoms with E-state index < -0.39 is 27.0 Å². The van der Waals surface area contributed by atoms with Gasteiger partial charge in [-0.25, -0.2) is 18.0 Å². The molecule has 4 aromatic rings. The maximum absolute atomic E-state index is 13.9. The van der Waals surface area contributed by atoms with E-state index in [1.807, 2.05) is 12.1 Å². The number of sulfonamides is 1. The van der Waals surface area contributed by atoms with Crippen molar-refractivity contribution in [2.24, 2.45) is 0 Å². The predicted molar refractivity (Wildman–Crippen MR) is 183 cm³/mol. The minimum absolute atomic E-state index is 0.0359. The van der Waals surface area contributed by atoms with E-state index in [1.54, 1.807) is 48.5 Å². The summed E-state index contributed by atoms with van der Waals surface area (Å²) in [6, 6.07) is 22.4. The fourth-order valence-electron chi connectivity index (χ4n) is 5.16. The number of methoxy groups -OCH3 is 2. The Labute approximate surface area is 290 Å². The molecule has 0 spiro atoms. The summed E-state index contributed by atoms with van der Waals surface area (Å²) in [5.41, 5.74) is 1.77. The summed E-state index contributed by atoms with van der Waals surface area (Å²) in [4.78, 5) is 36.8. The number of non-ortho nitro benzene ring substituents is 1. The van der Waals surface area contributed by atoms with Crippen LogP contribution in [0.2, 0.25) is 0 Å². The molecule has 0 unspecified atom stereocenters. The molecule has 0 aliphatic carbocycles. The quantitative estimate of drug-likeness (QED) is 0.0770. The van der Waals surface area contributed by atoms with E-state index in [0.29, 0.717) is 21.2 Å². The zero-order valence-corrected chi connectivity index (χ0v) is 28.7. The van der Waals surface area contributed by atoms with E-state index in [2.05, 4.69) is 21.2 Å². The van der Waals surface area contributed by atoms with Gasteiger partial charge in [-0.1, -0.05) is 60.7 Å². The number of rotatable bonds is 12. The smallest absolute Gasteiger partial charge is 0.412 e. The van der Waals surface area contributed by atoms with Crippen LogP contribution in [0.15, 0.2) is 100.0 Å². The molecule has 4 aromatic carbocycles. The number of fused-ring (bicyclic) bond motifs is 1. The van der Waals surface area contributed by atoms with Gasteiger partial charge in [-0.2, -0.15) is 0 Å². The highest BCUT2D eigenvalue weighted by atomic mass is 79.9. The van der Waals surface area contributed by atoms with Gasteiger partial charge in [-0.05, 0) is 57.2 Å². The summed E-state index contributed by atoms with van der Waals surface area (Å²) in [5.74, 6) is -0.681. The molecule has 1 amide bonds. The van der Waals surface area contributed by atoms with Crippen LogP contribution in [-0.2, 0) is 43.9 Å². The number of carbonyl (C=O) groups is 2. The predicted octanol–water partition coefficient (Wildman–Crippen LogP) is 6.14. The van der Waals surface area contributed by atoms with Crippen molar-refractivity contribution in [1.82, 2.24) is 5.32 Å². The summed E-state index contributed by atoms with van der Waals surface area (Å²) in [5, 5.41) is 13.6. The standard InChI is InChI=1S/C34H30BrN3O10S/c1-45-31-29(35)27(26-17-18-37(30(26)32(31)46-2)49(43,44)25-15-13-24(14-16-25)38(41)42)19-28(33(39)47-20-22-9-5-3-6-10-22)36-34(40)48-21-23-11-7-4-8-12-23/h3-16,19H,17-18,20-21H2,1-2H3,(H,36,40)/b28-19-. The SMILES string of the molecule is COc1c(Br)c(/C=C(\NC(=O)OCc2ccccc2)C(=O)OCc2ccccc2)c2c(c1OC)N(S(=O)(=O)c1ccc([N+](=O)[O-])cc1)CC2. The van der Waals surface area contributed by atoms with Gasteiger partial charge < -0.3 is 18.9 Å². The Kier molecular flexibility index (Phi) is 10.8. The van der Waals surface area contributed by atoms with Crippen molar-refractivity contribution in [3.8, 4) is 11.5 Å². The largest absolute Gasteiger partial charge is 0.492 e. The number of carbonyl (C=O) groups excluding carboxylic acids is 2. The zero-order valence-electron chi connectivity index (χ0n) is 26.3. The summed E-state index contributed by atoms with van der Waals surface area (Å²) < 4.78 is 51.4. The first kappa shape index (κ1) is 34.9. The van der Waals surface area contributed by atoms with Gasteiger partial charge in [-0.3, -0.25) is 19.7 Å². The van der Waals surface area contributed by atoms with Gasteiger partial charge in [-0.15, -0.1) is 0 Å². The average molecular weight is 753 g/mol. The molecule has 0 atom stereocenters. The van der Waals surface area contributed by atoms with Crippen LogP contribution in [0.5, 0.6) is 11.5 Å². The van der Waals surface area contributed by atoms with E-state index in [9.17, 15) is 28.1 Å².